The largest absolute Gasteiger partial charge is 0.360 e. The van der Waals surface area contributed by atoms with Gasteiger partial charge >= 0.3 is 0 Å². The van der Waals surface area contributed by atoms with Crippen LogP contribution in [0.25, 0.3) is 61.0 Å². The monoisotopic (exact) mass is 492 g/mol. The summed E-state index contributed by atoms with van der Waals surface area (Å²) in [5.41, 5.74) is 8.98. The molecule has 184 valence electrons. The number of benzene rings is 3. The molecule has 0 amide bonds. The van der Waals surface area contributed by atoms with Crippen LogP contribution in [0, 0.1) is 0 Å². The summed E-state index contributed by atoms with van der Waals surface area (Å²) in [5.74, 6) is 0.860. The lowest BCUT2D eigenvalue weighted by Gasteiger charge is -2.17. The maximum atomic E-state index is 5.13. The lowest BCUT2D eigenvalue weighted by Crippen LogP contribution is -2.09. The second kappa shape index (κ2) is 8.42. The van der Waals surface area contributed by atoms with Gasteiger partial charge in [0.2, 0.25) is 0 Å². The van der Waals surface area contributed by atoms with E-state index in [-0.39, 0.29) is 5.41 Å². The highest BCUT2D eigenvalue weighted by Gasteiger charge is 2.20. The summed E-state index contributed by atoms with van der Waals surface area (Å²) >= 11 is 0. The first kappa shape index (κ1) is 22.5. The second-order valence-corrected chi connectivity index (χ2v) is 10.9. The van der Waals surface area contributed by atoms with Gasteiger partial charge in [0.25, 0.3) is 0 Å². The molecule has 1 N–H and O–H groups in total. The highest BCUT2D eigenvalue weighted by Crippen LogP contribution is 2.36. The quantitative estimate of drug-likeness (QED) is 0.268. The van der Waals surface area contributed by atoms with Crippen LogP contribution < -0.4 is 0 Å². The zero-order valence-corrected chi connectivity index (χ0v) is 21.7. The fraction of sp³-hybridized carbons (Fsp3) is 0.118. The van der Waals surface area contributed by atoms with E-state index < -0.39 is 0 Å². The third kappa shape index (κ3) is 3.52. The zero-order valence-electron chi connectivity index (χ0n) is 21.7. The van der Waals surface area contributed by atoms with Crippen molar-refractivity contribution >= 4 is 32.8 Å². The Labute approximate surface area is 221 Å². The molecular formula is C34H28N4. The molecule has 0 aliphatic rings. The number of aromatic amines is 1. The average molecular weight is 493 g/mol. The van der Waals surface area contributed by atoms with E-state index in [4.69, 9.17) is 9.97 Å². The number of nitrogens with zero attached hydrogens (tertiary/aromatic N) is 3. The molecule has 0 aliphatic heterocycles. The van der Waals surface area contributed by atoms with Crippen LogP contribution in [0.5, 0.6) is 0 Å². The summed E-state index contributed by atoms with van der Waals surface area (Å²) in [4.78, 5) is 13.4. The Morgan fingerprint density at radius 2 is 1.47 bits per heavy atom. The Morgan fingerprint density at radius 3 is 2.37 bits per heavy atom. The highest BCUT2D eigenvalue weighted by atomic mass is 15.1. The van der Waals surface area contributed by atoms with Crippen molar-refractivity contribution in [3.63, 3.8) is 0 Å². The fourth-order valence-electron chi connectivity index (χ4n) is 5.60. The predicted molar refractivity (Wildman–Crippen MR) is 158 cm³/mol. The summed E-state index contributed by atoms with van der Waals surface area (Å²) in [7, 11) is 0. The van der Waals surface area contributed by atoms with Gasteiger partial charge < -0.3 is 4.98 Å². The summed E-state index contributed by atoms with van der Waals surface area (Å²) in [6, 6.07) is 34.0. The number of pyridine rings is 2. The summed E-state index contributed by atoms with van der Waals surface area (Å²) in [5, 5.41) is 3.59. The van der Waals surface area contributed by atoms with E-state index >= 15 is 0 Å². The minimum Gasteiger partial charge on any atom is -0.360 e. The minimum atomic E-state index is 0.0742. The third-order valence-electron chi connectivity index (χ3n) is 7.39. The van der Waals surface area contributed by atoms with Gasteiger partial charge in [-0.25, -0.2) is 9.97 Å². The molecule has 0 bridgehead atoms. The minimum absolute atomic E-state index is 0.0742. The van der Waals surface area contributed by atoms with Crippen LogP contribution in [0.15, 0.2) is 109 Å². The van der Waals surface area contributed by atoms with Crippen molar-refractivity contribution in [2.24, 2.45) is 0 Å². The Bertz CT molecular complexity index is 1910. The maximum Gasteiger partial charge on any atom is 0.146 e. The number of hydrogen-bond donors (Lipinski definition) is 1. The van der Waals surface area contributed by atoms with Gasteiger partial charge in [-0.2, -0.15) is 0 Å². The highest BCUT2D eigenvalue weighted by molar-refractivity contribution is 6.07. The summed E-state index contributed by atoms with van der Waals surface area (Å²) in [6.07, 6.45) is 4.00. The van der Waals surface area contributed by atoms with Gasteiger partial charge in [-0.1, -0.05) is 81.4 Å². The third-order valence-corrected chi connectivity index (χ3v) is 7.39. The van der Waals surface area contributed by atoms with Crippen LogP contribution in [-0.4, -0.2) is 19.5 Å². The first-order chi connectivity index (χ1) is 18.5. The smallest absolute Gasteiger partial charge is 0.146 e. The van der Waals surface area contributed by atoms with Crippen LogP contribution in [0.2, 0.25) is 0 Å². The molecule has 38 heavy (non-hydrogen) atoms. The van der Waals surface area contributed by atoms with Crippen LogP contribution in [0.3, 0.4) is 0 Å². The molecule has 0 radical (unpaired) electrons. The van der Waals surface area contributed by atoms with Gasteiger partial charge in [-0.05, 0) is 52.9 Å². The van der Waals surface area contributed by atoms with E-state index in [1.54, 1.807) is 0 Å². The molecule has 0 saturated heterocycles. The van der Waals surface area contributed by atoms with Gasteiger partial charge in [0.05, 0.1) is 16.7 Å². The SMILES string of the molecule is CC(C)(C)c1c[nH]c2c(-c3cccc(-c4cccc(-n5c6ccccc6c6cccnc65)n4)c3)cccc12. The van der Waals surface area contributed by atoms with Crippen LogP contribution in [0.1, 0.15) is 26.3 Å². The van der Waals surface area contributed by atoms with Gasteiger partial charge in [0.15, 0.2) is 0 Å². The van der Waals surface area contributed by atoms with Crippen molar-refractivity contribution in [2.45, 2.75) is 26.2 Å². The molecule has 3 aromatic carbocycles. The molecule has 4 nitrogen and oxygen atoms in total. The molecule has 0 fully saturated rings. The molecule has 0 spiro atoms. The first-order valence-electron chi connectivity index (χ1n) is 13.0. The van der Waals surface area contributed by atoms with Crippen molar-refractivity contribution in [3.8, 4) is 28.2 Å². The Kier molecular flexibility index (Phi) is 4.98. The van der Waals surface area contributed by atoms with Crippen molar-refractivity contribution in [1.29, 1.82) is 0 Å². The van der Waals surface area contributed by atoms with Gasteiger partial charge in [0, 0.05) is 39.7 Å². The first-order valence-corrected chi connectivity index (χ1v) is 13.0. The Morgan fingerprint density at radius 1 is 0.711 bits per heavy atom. The molecular weight excluding hydrogens is 464 g/mol. The number of fused-ring (bicyclic) bond motifs is 4. The number of nitrogens with one attached hydrogen (secondary N) is 1. The van der Waals surface area contributed by atoms with Crippen molar-refractivity contribution in [1.82, 2.24) is 19.5 Å². The lowest BCUT2D eigenvalue weighted by atomic mass is 9.86. The van der Waals surface area contributed by atoms with Crippen LogP contribution in [-0.2, 0) is 5.41 Å². The van der Waals surface area contributed by atoms with Crippen LogP contribution in [0.4, 0.5) is 0 Å². The Hall–Kier alpha value is -4.70. The van der Waals surface area contributed by atoms with E-state index in [0.29, 0.717) is 0 Å². The summed E-state index contributed by atoms with van der Waals surface area (Å²) < 4.78 is 2.16. The molecule has 0 unspecified atom stereocenters. The Balaban J connectivity index is 1.36. The standard InChI is InChI=1S/C34H28N4/c1-34(2,3)28-21-36-32-24(13-7-14-27(28)32)22-10-6-11-23(20-22)29-16-8-18-31(37-29)38-30-17-5-4-12-25(30)26-15-9-19-35-33(26)38/h4-21,36H,1-3H3. The van der Waals surface area contributed by atoms with Crippen molar-refractivity contribution in [2.75, 3.05) is 0 Å². The number of rotatable bonds is 3. The van der Waals surface area contributed by atoms with E-state index in [1.165, 1.54) is 33.0 Å². The number of aromatic nitrogens is 4. The average Bonchev–Trinajstić information content (AvgIpc) is 3.53. The molecule has 4 heterocycles. The maximum absolute atomic E-state index is 5.13. The fourth-order valence-corrected chi connectivity index (χ4v) is 5.60. The van der Waals surface area contributed by atoms with Gasteiger partial charge in [-0.15, -0.1) is 0 Å². The topological polar surface area (TPSA) is 46.5 Å². The predicted octanol–water partition coefficient (Wildman–Crippen LogP) is 8.69. The molecule has 4 heteroatoms. The molecule has 0 saturated carbocycles. The normalized spacial score (nSPS) is 12.1. The van der Waals surface area contributed by atoms with Crippen LogP contribution >= 0.6 is 0 Å². The van der Waals surface area contributed by atoms with E-state index in [1.807, 2.05) is 12.3 Å². The number of H-pyrrole nitrogens is 1. The van der Waals surface area contributed by atoms with Gasteiger partial charge in [-0.3, -0.25) is 4.57 Å². The second-order valence-electron chi connectivity index (χ2n) is 10.9. The summed E-state index contributed by atoms with van der Waals surface area (Å²) in [6.45, 7) is 6.77. The molecule has 7 aromatic rings. The van der Waals surface area contributed by atoms with Gasteiger partial charge in [0.1, 0.15) is 11.5 Å². The van der Waals surface area contributed by atoms with E-state index in [9.17, 15) is 0 Å². The number of hydrogen-bond acceptors (Lipinski definition) is 2. The van der Waals surface area contributed by atoms with Crippen molar-refractivity contribution in [3.05, 3.63) is 115 Å². The molecule has 0 aliphatic carbocycles. The molecule has 4 aromatic heterocycles. The zero-order chi connectivity index (χ0) is 25.9. The van der Waals surface area contributed by atoms with E-state index in [2.05, 4.69) is 128 Å². The number of para-hydroxylation sites is 2. The molecule has 0 atom stereocenters. The van der Waals surface area contributed by atoms with Crippen molar-refractivity contribution < 1.29 is 0 Å². The molecule has 7 rings (SSSR count). The van der Waals surface area contributed by atoms with E-state index in [0.717, 1.165) is 33.6 Å². The lowest BCUT2D eigenvalue weighted by molar-refractivity contribution is 0.596.